The Bertz CT molecular complexity index is 698. The SMILES string of the molecule is C[C@@H]1[C@H](C)CCC[C@@H]1NC(=O)c1cccc(OCc2ccccc2)c1. The largest absolute Gasteiger partial charge is 0.489 e. The van der Waals surface area contributed by atoms with Crippen molar-refractivity contribution in [2.75, 3.05) is 0 Å². The third-order valence-electron chi connectivity index (χ3n) is 5.37. The first kappa shape index (κ1) is 17.5. The van der Waals surface area contributed by atoms with Gasteiger partial charge in [0.1, 0.15) is 12.4 Å². The number of benzene rings is 2. The summed E-state index contributed by atoms with van der Waals surface area (Å²) in [7, 11) is 0. The predicted molar refractivity (Wildman–Crippen MR) is 101 cm³/mol. The van der Waals surface area contributed by atoms with E-state index in [4.69, 9.17) is 4.74 Å². The summed E-state index contributed by atoms with van der Waals surface area (Å²) in [5, 5.41) is 3.22. The lowest BCUT2D eigenvalue weighted by atomic mass is 9.78. The van der Waals surface area contributed by atoms with Crippen molar-refractivity contribution in [3.63, 3.8) is 0 Å². The highest BCUT2D eigenvalue weighted by Gasteiger charge is 2.28. The highest BCUT2D eigenvalue weighted by molar-refractivity contribution is 5.94. The Morgan fingerprint density at radius 1 is 1.08 bits per heavy atom. The molecular formula is C22H27NO2. The van der Waals surface area contributed by atoms with Crippen LogP contribution >= 0.6 is 0 Å². The van der Waals surface area contributed by atoms with E-state index in [2.05, 4.69) is 19.2 Å². The maximum Gasteiger partial charge on any atom is 0.251 e. The Hall–Kier alpha value is -2.29. The van der Waals surface area contributed by atoms with Gasteiger partial charge in [0.2, 0.25) is 0 Å². The van der Waals surface area contributed by atoms with Crippen molar-refractivity contribution < 1.29 is 9.53 Å². The molecule has 0 aromatic heterocycles. The maximum absolute atomic E-state index is 12.6. The molecule has 1 saturated carbocycles. The van der Waals surface area contributed by atoms with E-state index in [1.165, 1.54) is 12.8 Å². The van der Waals surface area contributed by atoms with E-state index in [0.29, 0.717) is 24.0 Å². The molecule has 1 amide bonds. The number of ether oxygens (including phenoxy) is 1. The van der Waals surface area contributed by atoms with Crippen LogP contribution in [0.1, 0.15) is 49.0 Å². The highest BCUT2D eigenvalue weighted by Crippen LogP contribution is 2.29. The molecule has 0 heterocycles. The Kier molecular flexibility index (Phi) is 5.75. The van der Waals surface area contributed by atoms with Crippen LogP contribution in [0.3, 0.4) is 0 Å². The lowest BCUT2D eigenvalue weighted by Crippen LogP contribution is -2.43. The van der Waals surface area contributed by atoms with E-state index < -0.39 is 0 Å². The molecule has 0 bridgehead atoms. The number of hydrogen-bond acceptors (Lipinski definition) is 2. The minimum absolute atomic E-state index is 0.00360. The first-order valence-corrected chi connectivity index (χ1v) is 9.21. The van der Waals surface area contributed by atoms with Gasteiger partial charge in [-0.1, -0.05) is 63.1 Å². The number of carbonyl (C=O) groups excluding carboxylic acids is 1. The first-order chi connectivity index (χ1) is 12.1. The van der Waals surface area contributed by atoms with Gasteiger partial charge in [-0.3, -0.25) is 4.79 Å². The van der Waals surface area contributed by atoms with Crippen LogP contribution in [0.2, 0.25) is 0 Å². The van der Waals surface area contributed by atoms with E-state index in [1.54, 1.807) is 0 Å². The third-order valence-corrected chi connectivity index (χ3v) is 5.37. The minimum atomic E-state index is -0.00360. The number of carbonyl (C=O) groups is 1. The maximum atomic E-state index is 12.6. The molecular weight excluding hydrogens is 310 g/mol. The van der Waals surface area contributed by atoms with Crippen LogP contribution in [-0.2, 0) is 6.61 Å². The van der Waals surface area contributed by atoms with Crippen LogP contribution in [0, 0.1) is 11.8 Å². The summed E-state index contributed by atoms with van der Waals surface area (Å²) < 4.78 is 5.83. The summed E-state index contributed by atoms with van der Waals surface area (Å²) in [6.07, 6.45) is 3.52. The molecule has 1 aliphatic carbocycles. The number of hydrogen-bond donors (Lipinski definition) is 1. The van der Waals surface area contributed by atoms with Crippen LogP contribution in [0.25, 0.3) is 0 Å². The third kappa shape index (κ3) is 4.62. The van der Waals surface area contributed by atoms with E-state index in [-0.39, 0.29) is 11.9 Å². The molecule has 0 unspecified atom stereocenters. The Labute approximate surface area is 150 Å². The van der Waals surface area contributed by atoms with Crippen molar-refractivity contribution in [1.29, 1.82) is 0 Å². The molecule has 1 fully saturated rings. The zero-order valence-corrected chi connectivity index (χ0v) is 15.1. The quantitative estimate of drug-likeness (QED) is 0.849. The molecule has 0 spiro atoms. The molecule has 3 nitrogen and oxygen atoms in total. The molecule has 0 radical (unpaired) electrons. The number of rotatable bonds is 5. The zero-order valence-electron chi connectivity index (χ0n) is 15.1. The van der Waals surface area contributed by atoms with Crippen molar-refractivity contribution in [2.24, 2.45) is 11.8 Å². The highest BCUT2D eigenvalue weighted by atomic mass is 16.5. The van der Waals surface area contributed by atoms with Crippen molar-refractivity contribution in [1.82, 2.24) is 5.32 Å². The summed E-state index contributed by atoms with van der Waals surface area (Å²) in [6, 6.07) is 17.8. The topological polar surface area (TPSA) is 38.3 Å². The van der Waals surface area contributed by atoms with Gasteiger partial charge in [0, 0.05) is 11.6 Å². The second-order valence-corrected chi connectivity index (χ2v) is 7.15. The average molecular weight is 337 g/mol. The lowest BCUT2D eigenvalue weighted by molar-refractivity contribution is 0.0890. The Morgan fingerprint density at radius 3 is 2.68 bits per heavy atom. The van der Waals surface area contributed by atoms with Gasteiger partial charge < -0.3 is 10.1 Å². The van der Waals surface area contributed by atoms with Crippen LogP contribution in [-0.4, -0.2) is 11.9 Å². The molecule has 0 saturated heterocycles. The predicted octanol–water partition coefficient (Wildman–Crippen LogP) is 4.82. The van der Waals surface area contributed by atoms with Gasteiger partial charge in [0.05, 0.1) is 0 Å². The smallest absolute Gasteiger partial charge is 0.251 e. The fourth-order valence-corrected chi connectivity index (χ4v) is 3.51. The average Bonchev–Trinajstić information content (AvgIpc) is 2.65. The second kappa shape index (κ2) is 8.19. The van der Waals surface area contributed by atoms with E-state index in [9.17, 15) is 4.79 Å². The molecule has 2 aromatic carbocycles. The van der Waals surface area contributed by atoms with Crippen LogP contribution in [0.4, 0.5) is 0 Å². The summed E-state index contributed by atoms with van der Waals surface area (Å²) in [5.74, 6) is 1.91. The molecule has 0 aliphatic heterocycles. The first-order valence-electron chi connectivity index (χ1n) is 9.21. The van der Waals surface area contributed by atoms with Crippen molar-refractivity contribution in [3.05, 3.63) is 65.7 Å². The van der Waals surface area contributed by atoms with Crippen LogP contribution < -0.4 is 10.1 Å². The van der Waals surface area contributed by atoms with Gasteiger partial charge in [0.15, 0.2) is 0 Å². The Balaban J connectivity index is 1.61. The fourth-order valence-electron chi connectivity index (χ4n) is 3.51. The number of amides is 1. The van der Waals surface area contributed by atoms with E-state index >= 15 is 0 Å². The molecule has 1 N–H and O–H groups in total. The van der Waals surface area contributed by atoms with Gasteiger partial charge in [-0.05, 0) is 42.0 Å². The summed E-state index contributed by atoms with van der Waals surface area (Å²) >= 11 is 0. The Morgan fingerprint density at radius 2 is 1.88 bits per heavy atom. The monoisotopic (exact) mass is 337 g/mol. The van der Waals surface area contributed by atoms with E-state index in [1.807, 2.05) is 54.6 Å². The van der Waals surface area contributed by atoms with Crippen molar-refractivity contribution >= 4 is 5.91 Å². The molecule has 132 valence electrons. The molecule has 1 aliphatic rings. The lowest BCUT2D eigenvalue weighted by Gasteiger charge is -2.34. The van der Waals surface area contributed by atoms with Gasteiger partial charge in [-0.25, -0.2) is 0 Å². The summed E-state index contributed by atoms with van der Waals surface area (Å²) in [6.45, 7) is 5.03. The van der Waals surface area contributed by atoms with Crippen LogP contribution in [0.5, 0.6) is 5.75 Å². The van der Waals surface area contributed by atoms with Crippen LogP contribution in [0.15, 0.2) is 54.6 Å². The molecule has 3 heteroatoms. The number of nitrogens with one attached hydrogen (secondary N) is 1. The summed E-state index contributed by atoms with van der Waals surface area (Å²) in [5.41, 5.74) is 1.78. The second-order valence-electron chi connectivity index (χ2n) is 7.15. The zero-order chi connectivity index (χ0) is 17.6. The molecule has 3 rings (SSSR count). The van der Waals surface area contributed by atoms with Crippen molar-refractivity contribution in [2.45, 2.75) is 45.8 Å². The fraction of sp³-hybridized carbons (Fsp3) is 0.409. The molecule has 2 aromatic rings. The van der Waals surface area contributed by atoms with Gasteiger partial charge >= 0.3 is 0 Å². The molecule has 25 heavy (non-hydrogen) atoms. The van der Waals surface area contributed by atoms with E-state index in [0.717, 1.165) is 17.7 Å². The standard InChI is InChI=1S/C22H27NO2/c1-16-8-6-13-21(17(16)2)23-22(24)19-11-7-12-20(14-19)25-15-18-9-4-3-5-10-18/h3-5,7,9-12,14,16-17,21H,6,8,13,15H2,1-2H3,(H,23,24)/t16-,17-,21+/m1/s1. The van der Waals surface area contributed by atoms with Gasteiger partial charge in [0.25, 0.3) is 5.91 Å². The summed E-state index contributed by atoms with van der Waals surface area (Å²) in [4.78, 5) is 12.6. The van der Waals surface area contributed by atoms with Gasteiger partial charge in [-0.15, -0.1) is 0 Å². The van der Waals surface area contributed by atoms with Crippen molar-refractivity contribution in [3.8, 4) is 5.75 Å². The van der Waals surface area contributed by atoms with Gasteiger partial charge in [-0.2, -0.15) is 0 Å². The normalized spacial score (nSPS) is 23.0. The molecule has 3 atom stereocenters. The minimum Gasteiger partial charge on any atom is -0.489 e.